The number of ketones is 1. The molecule has 0 bridgehead atoms. The molecule has 0 spiro atoms. The Kier molecular flexibility index (Phi) is 2.62. The highest BCUT2D eigenvalue weighted by atomic mass is 16.5. The third kappa shape index (κ3) is 1.69. The summed E-state index contributed by atoms with van der Waals surface area (Å²) < 4.78 is 5.13. The Morgan fingerprint density at radius 1 is 1.47 bits per heavy atom. The van der Waals surface area contributed by atoms with E-state index in [2.05, 4.69) is 11.8 Å². The van der Waals surface area contributed by atoms with Crippen LogP contribution in [0.3, 0.4) is 0 Å². The summed E-state index contributed by atoms with van der Waals surface area (Å²) in [4.78, 5) is 14.0. The number of carbonyl (C=O) groups excluding carboxylic acids is 1. The first-order valence-electron chi connectivity index (χ1n) is 5.22. The Morgan fingerprint density at radius 3 is 2.93 bits per heavy atom. The molecule has 1 aliphatic rings. The summed E-state index contributed by atoms with van der Waals surface area (Å²) in [6, 6.07) is 5.70. The van der Waals surface area contributed by atoms with Gasteiger partial charge < -0.3 is 9.64 Å². The summed E-state index contributed by atoms with van der Waals surface area (Å²) in [5.41, 5.74) is 1.83. The second-order valence-corrected chi connectivity index (χ2v) is 3.64. The molecule has 0 aromatic heterocycles. The zero-order valence-electron chi connectivity index (χ0n) is 9.12. The monoisotopic (exact) mass is 205 g/mol. The van der Waals surface area contributed by atoms with Crippen molar-refractivity contribution in [3.8, 4) is 5.75 Å². The standard InChI is InChI=1S/C12H15NO2/c1-3-13-7-6-12(14)10-8-9(15-2)4-5-11(10)13/h4-5,8H,3,6-7H2,1-2H3. The van der Waals surface area contributed by atoms with Gasteiger partial charge in [0, 0.05) is 30.8 Å². The lowest BCUT2D eigenvalue weighted by atomic mass is 10.00. The maximum Gasteiger partial charge on any atom is 0.166 e. The van der Waals surface area contributed by atoms with Crippen LogP contribution in [0.15, 0.2) is 18.2 Å². The average Bonchev–Trinajstić information content (AvgIpc) is 2.29. The van der Waals surface area contributed by atoms with Crippen molar-refractivity contribution in [1.29, 1.82) is 0 Å². The molecule has 0 atom stereocenters. The summed E-state index contributed by atoms with van der Waals surface area (Å²) in [5, 5.41) is 0. The molecule has 3 nitrogen and oxygen atoms in total. The SMILES string of the molecule is CCN1CCC(=O)c2cc(OC)ccc21. The van der Waals surface area contributed by atoms with Gasteiger partial charge in [-0.2, -0.15) is 0 Å². The molecule has 0 unspecified atom stereocenters. The van der Waals surface area contributed by atoms with E-state index in [-0.39, 0.29) is 5.78 Å². The third-order valence-electron chi connectivity index (χ3n) is 2.84. The summed E-state index contributed by atoms with van der Waals surface area (Å²) in [7, 11) is 1.62. The molecule has 0 saturated carbocycles. The molecule has 1 aliphatic heterocycles. The van der Waals surface area contributed by atoms with Crippen molar-refractivity contribution < 1.29 is 9.53 Å². The molecule has 0 radical (unpaired) electrons. The summed E-state index contributed by atoms with van der Waals surface area (Å²) in [6.07, 6.45) is 0.605. The van der Waals surface area contributed by atoms with Crippen LogP contribution >= 0.6 is 0 Å². The zero-order valence-corrected chi connectivity index (χ0v) is 9.12. The van der Waals surface area contributed by atoms with Crippen LogP contribution in [-0.4, -0.2) is 26.0 Å². The molecule has 15 heavy (non-hydrogen) atoms. The highest BCUT2D eigenvalue weighted by Gasteiger charge is 2.22. The Labute approximate surface area is 89.7 Å². The molecule has 1 aromatic rings. The number of ether oxygens (including phenoxy) is 1. The number of hydrogen-bond donors (Lipinski definition) is 0. The van der Waals surface area contributed by atoms with Crippen LogP contribution in [0, 0.1) is 0 Å². The van der Waals surface area contributed by atoms with Crippen LogP contribution in [0.5, 0.6) is 5.75 Å². The van der Waals surface area contributed by atoms with Gasteiger partial charge in [-0.15, -0.1) is 0 Å². The van der Waals surface area contributed by atoms with E-state index in [1.807, 2.05) is 18.2 Å². The molecule has 0 amide bonds. The van der Waals surface area contributed by atoms with Crippen LogP contribution in [0.4, 0.5) is 5.69 Å². The van der Waals surface area contributed by atoms with E-state index >= 15 is 0 Å². The number of Topliss-reactive ketones (excluding diaryl/α,β-unsaturated/α-hetero) is 1. The molecule has 1 aromatic carbocycles. The minimum Gasteiger partial charge on any atom is -0.497 e. The topological polar surface area (TPSA) is 29.5 Å². The lowest BCUT2D eigenvalue weighted by Crippen LogP contribution is -2.31. The van der Waals surface area contributed by atoms with Crippen LogP contribution in [-0.2, 0) is 0 Å². The maximum atomic E-state index is 11.7. The number of fused-ring (bicyclic) bond motifs is 1. The van der Waals surface area contributed by atoms with Crippen LogP contribution in [0.25, 0.3) is 0 Å². The first-order valence-corrected chi connectivity index (χ1v) is 5.22. The third-order valence-corrected chi connectivity index (χ3v) is 2.84. The normalized spacial score (nSPS) is 15.1. The van der Waals surface area contributed by atoms with Gasteiger partial charge in [-0.3, -0.25) is 4.79 Å². The second kappa shape index (κ2) is 3.93. The van der Waals surface area contributed by atoms with E-state index in [0.29, 0.717) is 6.42 Å². The van der Waals surface area contributed by atoms with Gasteiger partial charge in [-0.25, -0.2) is 0 Å². The minimum atomic E-state index is 0.216. The number of rotatable bonds is 2. The largest absolute Gasteiger partial charge is 0.497 e. The number of nitrogens with zero attached hydrogens (tertiary/aromatic N) is 1. The summed E-state index contributed by atoms with van der Waals surface area (Å²) in [6.45, 7) is 3.87. The van der Waals surface area contributed by atoms with Crippen molar-refractivity contribution in [3.05, 3.63) is 23.8 Å². The van der Waals surface area contributed by atoms with Crippen molar-refractivity contribution in [2.75, 3.05) is 25.1 Å². The number of hydrogen-bond acceptors (Lipinski definition) is 3. The molecule has 0 fully saturated rings. The molecule has 80 valence electrons. The number of anilines is 1. The van der Waals surface area contributed by atoms with E-state index in [9.17, 15) is 4.79 Å². The lowest BCUT2D eigenvalue weighted by Gasteiger charge is -2.29. The molecule has 3 heteroatoms. The van der Waals surface area contributed by atoms with Crippen LogP contribution < -0.4 is 9.64 Å². The van der Waals surface area contributed by atoms with Crippen molar-refractivity contribution >= 4 is 11.5 Å². The van der Waals surface area contributed by atoms with E-state index in [0.717, 1.165) is 30.1 Å². The maximum absolute atomic E-state index is 11.7. The predicted octanol–water partition coefficient (Wildman–Crippen LogP) is 2.11. The Balaban J connectivity index is 2.47. The first kappa shape index (κ1) is 10.0. The van der Waals surface area contributed by atoms with Gasteiger partial charge >= 0.3 is 0 Å². The van der Waals surface area contributed by atoms with Gasteiger partial charge in [-0.1, -0.05) is 0 Å². The van der Waals surface area contributed by atoms with Crippen LogP contribution in [0.1, 0.15) is 23.7 Å². The molecule has 2 rings (SSSR count). The van der Waals surface area contributed by atoms with E-state index in [1.165, 1.54) is 0 Å². The molecule has 0 N–H and O–H groups in total. The van der Waals surface area contributed by atoms with E-state index in [1.54, 1.807) is 7.11 Å². The quantitative estimate of drug-likeness (QED) is 0.740. The van der Waals surface area contributed by atoms with Crippen molar-refractivity contribution in [3.63, 3.8) is 0 Å². The molecule has 0 aliphatic carbocycles. The Bertz CT molecular complexity index is 387. The number of methoxy groups -OCH3 is 1. The Hall–Kier alpha value is -1.51. The highest BCUT2D eigenvalue weighted by Crippen LogP contribution is 2.29. The van der Waals surface area contributed by atoms with Crippen LogP contribution in [0.2, 0.25) is 0 Å². The Morgan fingerprint density at radius 2 is 2.27 bits per heavy atom. The predicted molar refractivity (Wildman–Crippen MR) is 59.8 cm³/mol. The summed E-state index contributed by atoms with van der Waals surface area (Å²) in [5.74, 6) is 0.966. The minimum absolute atomic E-state index is 0.216. The van der Waals surface area contributed by atoms with Crippen molar-refractivity contribution in [1.82, 2.24) is 0 Å². The number of carbonyl (C=O) groups is 1. The van der Waals surface area contributed by atoms with E-state index in [4.69, 9.17) is 4.74 Å². The van der Waals surface area contributed by atoms with Crippen molar-refractivity contribution in [2.24, 2.45) is 0 Å². The van der Waals surface area contributed by atoms with Gasteiger partial charge in [0.25, 0.3) is 0 Å². The lowest BCUT2D eigenvalue weighted by molar-refractivity contribution is 0.0979. The zero-order chi connectivity index (χ0) is 10.8. The molecule has 1 heterocycles. The van der Waals surface area contributed by atoms with E-state index < -0.39 is 0 Å². The number of benzene rings is 1. The van der Waals surface area contributed by atoms with Crippen molar-refractivity contribution in [2.45, 2.75) is 13.3 Å². The fraction of sp³-hybridized carbons (Fsp3) is 0.417. The fourth-order valence-corrected chi connectivity index (χ4v) is 1.96. The fourth-order valence-electron chi connectivity index (χ4n) is 1.96. The van der Waals surface area contributed by atoms with Gasteiger partial charge in [0.05, 0.1) is 7.11 Å². The van der Waals surface area contributed by atoms with Gasteiger partial charge in [0.2, 0.25) is 0 Å². The smallest absolute Gasteiger partial charge is 0.166 e. The average molecular weight is 205 g/mol. The molecular formula is C12H15NO2. The second-order valence-electron chi connectivity index (χ2n) is 3.64. The summed E-state index contributed by atoms with van der Waals surface area (Å²) >= 11 is 0. The molecular weight excluding hydrogens is 190 g/mol. The van der Waals surface area contributed by atoms with Gasteiger partial charge in [-0.05, 0) is 25.1 Å². The van der Waals surface area contributed by atoms with Gasteiger partial charge in [0.1, 0.15) is 5.75 Å². The van der Waals surface area contributed by atoms with Gasteiger partial charge in [0.15, 0.2) is 5.78 Å². The highest BCUT2D eigenvalue weighted by molar-refractivity contribution is 6.03. The molecule has 0 saturated heterocycles. The first-order chi connectivity index (χ1) is 7.26.